The van der Waals surface area contributed by atoms with Gasteiger partial charge in [0.1, 0.15) is 0 Å². The van der Waals surface area contributed by atoms with Gasteiger partial charge in [-0.25, -0.2) is 0 Å². The number of amides is 2. The van der Waals surface area contributed by atoms with Crippen LogP contribution in [0.2, 0.25) is 0 Å². The van der Waals surface area contributed by atoms with Gasteiger partial charge in [0.05, 0.1) is 12.3 Å². The Labute approximate surface area is 144 Å². The Hall–Kier alpha value is -1.59. The maximum atomic E-state index is 12.4. The number of benzene rings is 1. The van der Waals surface area contributed by atoms with Crippen molar-refractivity contribution >= 4 is 24.2 Å². The predicted molar refractivity (Wildman–Crippen MR) is 93.6 cm³/mol. The average Bonchev–Trinajstić information content (AvgIpc) is 2.56. The molecule has 1 saturated heterocycles. The van der Waals surface area contributed by atoms with E-state index in [1.807, 2.05) is 42.3 Å². The van der Waals surface area contributed by atoms with Crippen LogP contribution in [0.5, 0.6) is 0 Å². The number of piperidine rings is 1. The van der Waals surface area contributed by atoms with Crippen LogP contribution in [0.1, 0.15) is 18.4 Å². The highest BCUT2D eigenvalue weighted by Gasteiger charge is 2.28. The van der Waals surface area contributed by atoms with Gasteiger partial charge in [-0.15, -0.1) is 12.4 Å². The number of halogens is 1. The lowest BCUT2D eigenvalue weighted by Gasteiger charge is -2.32. The molecule has 1 aromatic carbocycles. The van der Waals surface area contributed by atoms with Gasteiger partial charge in [0.2, 0.25) is 11.8 Å². The minimum atomic E-state index is -0.0784. The first kappa shape index (κ1) is 19.5. The minimum absolute atomic E-state index is 0. The van der Waals surface area contributed by atoms with Crippen LogP contribution in [-0.4, -0.2) is 49.9 Å². The summed E-state index contributed by atoms with van der Waals surface area (Å²) in [7, 11) is 1.86. The quantitative estimate of drug-likeness (QED) is 0.766. The Balaban J connectivity index is 0.00000264. The zero-order valence-corrected chi connectivity index (χ0v) is 14.4. The number of likely N-dealkylation sites (tertiary alicyclic amines) is 1. The Morgan fingerprint density at radius 1 is 1.22 bits per heavy atom. The lowest BCUT2D eigenvalue weighted by atomic mass is 9.96. The van der Waals surface area contributed by atoms with Gasteiger partial charge >= 0.3 is 0 Å². The van der Waals surface area contributed by atoms with Crippen molar-refractivity contribution in [1.82, 2.24) is 15.5 Å². The fourth-order valence-electron chi connectivity index (χ4n) is 2.75. The van der Waals surface area contributed by atoms with Crippen molar-refractivity contribution in [2.24, 2.45) is 5.92 Å². The molecule has 0 aromatic heterocycles. The average molecular weight is 340 g/mol. The molecule has 23 heavy (non-hydrogen) atoms. The van der Waals surface area contributed by atoms with Gasteiger partial charge in [-0.05, 0) is 25.5 Å². The molecule has 0 saturated carbocycles. The zero-order chi connectivity index (χ0) is 15.8. The molecule has 2 N–H and O–H groups in total. The second kappa shape index (κ2) is 10.2. The van der Waals surface area contributed by atoms with E-state index in [4.69, 9.17) is 0 Å². The van der Waals surface area contributed by atoms with Crippen molar-refractivity contribution in [2.45, 2.75) is 19.3 Å². The maximum absolute atomic E-state index is 12.4. The monoisotopic (exact) mass is 339 g/mol. The Kier molecular flexibility index (Phi) is 8.66. The number of carbonyl (C=O) groups excluding carboxylic acids is 2. The van der Waals surface area contributed by atoms with Crippen LogP contribution in [0.3, 0.4) is 0 Å². The minimum Gasteiger partial charge on any atom is -0.355 e. The third kappa shape index (κ3) is 6.20. The Morgan fingerprint density at radius 2 is 1.96 bits per heavy atom. The highest BCUT2D eigenvalue weighted by Crippen LogP contribution is 2.17. The smallest absolute Gasteiger partial charge is 0.227 e. The summed E-state index contributed by atoms with van der Waals surface area (Å²) in [5.41, 5.74) is 1.02. The molecule has 0 spiro atoms. The van der Waals surface area contributed by atoms with Crippen LogP contribution in [0.4, 0.5) is 0 Å². The molecule has 1 heterocycles. The van der Waals surface area contributed by atoms with E-state index >= 15 is 0 Å². The molecule has 1 aliphatic rings. The van der Waals surface area contributed by atoms with E-state index < -0.39 is 0 Å². The molecular weight excluding hydrogens is 314 g/mol. The summed E-state index contributed by atoms with van der Waals surface area (Å²) in [6, 6.07) is 9.75. The molecule has 128 valence electrons. The lowest BCUT2D eigenvalue weighted by molar-refractivity contribution is -0.135. The molecule has 1 atom stereocenters. The zero-order valence-electron chi connectivity index (χ0n) is 13.6. The van der Waals surface area contributed by atoms with Crippen molar-refractivity contribution in [3.8, 4) is 0 Å². The number of hydrogen-bond donors (Lipinski definition) is 2. The van der Waals surface area contributed by atoms with Crippen molar-refractivity contribution in [2.75, 3.05) is 33.2 Å². The summed E-state index contributed by atoms with van der Waals surface area (Å²) in [4.78, 5) is 26.3. The highest BCUT2D eigenvalue weighted by molar-refractivity contribution is 5.85. The molecule has 6 heteroatoms. The second-order valence-electron chi connectivity index (χ2n) is 5.74. The molecule has 1 fully saturated rings. The number of hydrogen-bond acceptors (Lipinski definition) is 3. The Morgan fingerprint density at radius 3 is 2.65 bits per heavy atom. The third-order valence-corrected chi connectivity index (χ3v) is 4.02. The van der Waals surface area contributed by atoms with Crippen molar-refractivity contribution in [1.29, 1.82) is 0 Å². The number of rotatable bonds is 6. The first-order chi connectivity index (χ1) is 10.7. The van der Waals surface area contributed by atoms with Gasteiger partial charge in [0, 0.05) is 26.2 Å². The number of carbonyl (C=O) groups is 2. The maximum Gasteiger partial charge on any atom is 0.227 e. The molecule has 1 unspecified atom stereocenters. The van der Waals surface area contributed by atoms with Crippen LogP contribution in [-0.2, 0) is 16.0 Å². The topological polar surface area (TPSA) is 61.4 Å². The number of likely N-dealkylation sites (N-methyl/N-ethyl adjacent to an activating group) is 1. The summed E-state index contributed by atoms with van der Waals surface area (Å²) in [5.74, 6) is 0.0942. The standard InChI is InChI=1S/C17H25N3O2.ClH/c1-18-9-10-19-17(22)15-8-5-11-20(13-15)16(21)12-14-6-3-2-4-7-14;/h2-4,6-7,15,18H,5,8-13H2,1H3,(H,19,22);1H. The van der Waals surface area contributed by atoms with E-state index in [1.165, 1.54) is 0 Å². The summed E-state index contributed by atoms with van der Waals surface area (Å²) >= 11 is 0. The third-order valence-electron chi connectivity index (χ3n) is 4.02. The molecule has 2 amide bonds. The molecule has 1 aliphatic heterocycles. The van der Waals surface area contributed by atoms with Crippen LogP contribution < -0.4 is 10.6 Å². The van der Waals surface area contributed by atoms with E-state index in [-0.39, 0.29) is 30.1 Å². The van der Waals surface area contributed by atoms with Crippen molar-refractivity contribution in [3.63, 3.8) is 0 Å². The van der Waals surface area contributed by atoms with Crippen molar-refractivity contribution in [3.05, 3.63) is 35.9 Å². The van der Waals surface area contributed by atoms with Gasteiger partial charge in [-0.1, -0.05) is 30.3 Å². The van der Waals surface area contributed by atoms with Gasteiger partial charge in [-0.2, -0.15) is 0 Å². The van der Waals surface area contributed by atoms with Gasteiger partial charge in [0.25, 0.3) is 0 Å². The second-order valence-corrected chi connectivity index (χ2v) is 5.74. The van der Waals surface area contributed by atoms with Crippen molar-refractivity contribution < 1.29 is 9.59 Å². The summed E-state index contributed by atoms with van der Waals surface area (Å²) in [5, 5.41) is 5.92. The molecule has 0 aliphatic carbocycles. The SMILES string of the molecule is CNCCNC(=O)C1CCCN(C(=O)Cc2ccccc2)C1.Cl. The molecule has 1 aromatic rings. The molecular formula is C17H26ClN3O2. The van der Waals surface area contributed by atoms with Crippen LogP contribution in [0, 0.1) is 5.92 Å². The van der Waals surface area contributed by atoms with Crippen LogP contribution in [0.25, 0.3) is 0 Å². The van der Waals surface area contributed by atoms with E-state index in [9.17, 15) is 9.59 Å². The van der Waals surface area contributed by atoms with Crippen LogP contribution in [0.15, 0.2) is 30.3 Å². The molecule has 5 nitrogen and oxygen atoms in total. The van der Waals surface area contributed by atoms with E-state index in [2.05, 4.69) is 10.6 Å². The first-order valence-electron chi connectivity index (χ1n) is 7.94. The van der Waals surface area contributed by atoms with Gasteiger partial charge in [-0.3, -0.25) is 9.59 Å². The summed E-state index contributed by atoms with van der Waals surface area (Å²) in [6.45, 7) is 2.68. The first-order valence-corrected chi connectivity index (χ1v) is 7.94. The summed E-state index contributed by atoms with van der Waals surface area (Å²) < 4.78 is 0. The van der Waals surface area contributed by atoms with E-state index in [0.29, 0.717) is 19.5 Å². The molecule has 2 rings (SSSR count). The van der Waals surface area contributed by atoms with E-state index in [1.54, 1.807) is 0 Å². The fraction of sp³-hybridized carbons (Fsp3) is 0.529. The van der Waals surface area contributed by atoms with E-state index in [0.717, 1.165) is 31.5 Å². The highest BCUT2D eigenvalue weighted by atomic mass is 35.5. The Bertz CT molecular complexity index is 496. The predicted octanol–water partition coefficient (Wildman–Crippen LogP) is 1.23. The fourth-order valence-corrected chi connectivity index (χ4v) is 2.75. The number of nitrogens with one attached hydrogen (secondary N) is 2. The number of nitrogens with zero attached hydrogens (tertiary/aromatic N) is 1. The molecule has 0 radical (unpaired) electrons. The van der Waals surface area contributed by atoms with Gasteiger partial charge < -0.3 is 15.5 Å². The van der Waals surface area contributed by atoms with Crippen LogP contribution >= 0.6 is 12.4 Å². The summed E-state index contributed by atoms with van der Waals surface area (Å²) in [6.07, 6.45) is 2.17. The largest absolute Gasteiger partial charge is 0.355 e. The molecule has 0 bridgehead atoms. The lowest BCUT2D eigenvalue weighted by Crippen LogP contribution is -2.46. The normalized spacial score (nSPS) is 17.3. The van der Waals surface area contributed by atoms with Gasteiger partial charge in [0.15, 0.2) is 0 Å².